The normalized spacial score (nSPS) is 15.1. The van der Waals surface area contributed by atoms with Gasteiger partial charge in [0.05, 0.1) is 0 Å². The number of nitrogens with zero attached hydrogens (tertiary/aromatic N) is 2. The zero-order valence-electron chi connectivity index (χ0n) is 10.6. The van der Waals surface area contributed by atoms with Crippen molar-refractivity contribution in [3.63, 3.8) is 0 Å². The van der Waals surface area contributed by atoms with E-state index >= 15 is 0 Å². The summed E-state index contributed by atoms with van der Waals surface area (Å²) in [6.07, 6.45) is 6.86. The van der Waals surface area contributed by atoms with Crippen LogP contribution in [0.3, 0.4) is 0 Å². The number of hydrogen-bond donors (Lipinski definition) is 2. The number of rotatable bonds is 3. The minimum absolute atomic E-state index is 0.136. The molecule has 0 saturated heterocycles. The molecule has 1 heterocycles. The van der Waals surface area contributed by atoms with Crippen LogP contribution in [0, 0.1) is 6.92 Å². The standard InChI is InChI=1S/C13H18N4O/c1-9-7-11(17-13(14)16-9)12(18)15-8-10-5-3-2-4-6-10/h5,7H,2-4,6,8H2,1H3,(H,15,18)(H2,14,16,17). The van der Waals surface area contributed by atoms with E-state index < -0.39 is 0 Å². The molecule has 0 bridgehead atoms. The van der Waals surface area contributed by atoms with Crippen LogP contribution >= 0.6 is 0 Å². The molecule has 1 amide bonds. The predicted molar refractivity (Wildman–Crippen MR) is 70.1 cm³/mol. The number of amides is 1. The van der Waals surface area contributed by atoms with Crippen molar-refractivity contribution in [2.45, 2.75) is 32.6 Å². The number of allylic oxidation sites excluding steroid dienone is 1. The highest BCUT2D eigenvalue weighted by atomic mass is 16.1. The van der Waals surface area contributed by atoms with Crippen molar-refractivity contribution in [1.29, 1.82) is 0 Å². The summed E-state index contributed by atoms with van der Waals surface area (Å²) in [5.41, 5.74) is 7.85. The Morgan fingerprint density at radius 1 is 1.44 bits per heavy atom. The van der Waals surface area contributed by atoms with Crippen molar-refractivity contribution >= 4 is 11.9 Å². The topological polar surface area (TPSA) is 80.9 Å². The molecule has 0 aromatic carbocycles. The Balaban J connectivity index is 1.97. The first-order valence-corrected chi connectivity index (χ1v) is 6.22. The molecule has 5 nitrogen and oxygen atoms in total. The summed E-state index contributed by atoms with van der Waals surface area (Å²) in [6, 6.07) is 1.64. The number of aromatic nitrogens is 2. The lowest BCUT2D eigenvalue weighted by molar-refractivity contribution is 0.0951. The smallest absolute Gasteiger partial charge is 0.270 e. The van der Waals surface area contributed by atoms with Crippen LogP contribution in [0.4, 0.5) is 5.95 Å². The van der Waals surface area contributed by atoms with E-state index in [-0.39, 0.29) is 11.9 Å². The Kier molecular flexibility index (Phi) is 3.92. The second kappa shape index (κ2) is 5.62. The molecule has 1 aliphatic rings. The van der Waals surface area contributed by atoms with Crippen LogP contribution in [-0.4, -0.2) is 22.4 Å². The molecule has 0 fully saturated rings. The van der Waals surface area contributed by atoms with Gasteiger partial charge in [-0.3, -0.25) is 4.79 Å². The minimum atomic E-state index is -0.196. The third kappa shape index (κ3) is 3.29. The Bertz CT molecular complexity index is 462. The van der Waals surface area contributed by atoms with Gasteiger partial charge >= 0.3 is 0 Å². The van der Waals surface area contributed by atoms with Crippen molar-refractivity contribution in [1.82, 2.24) is 15.3 Å². The maximum absolute atomic E-state index is 11.9. The Hall–Kier alpha value is -1.91. The van der Waals surface area contributed by atoms with E-state index in [2.05, 4.69) is 21.4 Å². The van der Waals surface area contributed by atoms with E-state index in [9.17, 15) is 4.79 Å². The number of anilines is 1. The largest absolute Gasteiger partial charge is 0.368 e. The van der Waals surface area contributed by atoms with Gasteiger partial charge in [0.1, 0.15) is 5.69 Å². The van der Waals surface area contributed by atoms with Gasteiger partial charge in [-0.25, -0.2) is 9.97 Å². The summed E-state index contributed by atoms with van der Waals surface area (Å²) in [4.78, 5) is 19.8. The number of aryl methyl sites for hydroxylation is 1. The fourth-order valence-electron chi connectivity index (χ4n) is 2.06. The Morgan fingerprint density at radius 2 is 2.28 bits per heavy atom. The van der Waals surface area contributed by atoms with E-state index in [1.807, 2.05) is 0 Å². The average molecular weight is 246 g/mol. The highest BCUT2D eigenvalue weighted by molar-refractivity contribution is 5.92. The van der Waals surface area contributed by atoms with Gasteiger partial charge in [0.15, 0.2) is 0 Å². The van der Waals surface area contributed by atoms with Gasteiger partial charge in [0.25, 0.3) is 5.91 Å². The van der Waals surface area contributed by atoms with Gasteiger partial charge in [-0.15, -0.1) is 0 Å². The van der Waals surface area contributed by atoms with Gasteiger partial charge in [0.2, 0.25) is 5.95 Å². The Labute approximate surface area is 107 Å². The van der Waals surface area contributed by atoms with Crippen LogP contribution in [-0.2, 0) is 0 Å². The summed E-state index contributed by atoms with van der Waals surface area (Å²) in [6.45, 7) is 2.39. The minimum Gasteiger partial charge on any atom is -0.368 e. The maximum Gasteiger partial charge on any atom is 0.270 e. The fraction of sp³-hybridized carbons (Fsp3) is 0.462. The molecule has 18 heavy (non-hydrogen) atoms. The fourth-order valence-corrected chi connectivity index (χ4v) is 2.06. The Morgan fingerprint density at radius 3 is 2.94 bits per heavy atom. The van der Waals surface area contributed by atoms with Gasteiger partial charge in [0, 0.05) is 12.2 Å². The van der Waals surface area contributed by atoms with Crippen molar-refractivity contribution < 1.29 is 4.79 Å². The van der Waals surface area contributed by atoms with Crippen LogP contribution in [0.25, 0.3) is 0 Å². The molecule has 0 aliphatic heterocycles. The van der Waals surface area contributed by atoms with Crippen molar-refractivity contribution in [2.75, 3.05) is 12.3 Å². The molecule has 0 atom stereocenters. The average Bonchev–Trinajstić information content (AvgIpc) is 2.36. The summed E-state index contributed by atoms with van der Waals surface area (Å²) in [5.74, 6) is -0.0595. The molecule has 1 aromatic rings. The highest BCUT2D eigenvalue weighted by Gasteiger charge is 2.10. The van der Waals surface area contributed by atoms with Crippen LogP contribution in [0.5, 0.6) is 0 Å². The zero-order valence-corrected chi connectivity index (χ0v) is 10.6. The van der Waals surface area contributed by atoms with Gasteiger partial charge in [-0.2, -0.15) is 0 Å². The number of hydrogen-bond acceptors (Lipinski definition) is 4. The molecule has 0 radical (unpaired) electrons. The number of nitrogens with one attached hydrogen (secondary N) is 1. The van der Waals surface area contributed by atoms with Gasteiger partial charge in [-0.05, 0) is 38.7 Å². The third-order valence-corrected chi connectivity index (χ3v) is 2.97. The summed E-state index contributed by atoms with van der Waals surface area (Å²) in [7, 11) is 0. The number of carbonyl (C=O) groups is 1. The first-order valence-electron chi connectivity index (χ1n) is 6.22. The third-order valence-electron chi connectivity index (χ3n) is 2.97. The van der Waals surface area contributed by atoms with Crippen molar-refractivity contribution in [2.24, 2.45) is 0 Å². The zero-order chi connectivity index (χ0) is 13.0. The van der Waals surface area contributed by atoms with E-state index in [4.69, 9.17) is 5.73 Å². The molecule has 2 rings (SSSR count). The van der Waals surface area contributed by atoms with Crippen LogP contribution in [0.2, 0.25) is 0 Å². The number of nitrogen functional groups attached to an aromatic ring is 1. The molecule has 0 saturated carbocycles. The maximum atomic E-state index is 11.9. The van der Waals surface area contributed by atoms with Crippen molar-refractivity contribution in [3.05, 3.63) is 29.1 Å². The van der Waals surface area contributed by atoms with E-state index in [1.54, 1.807) is 13.0 Å². The lowest BCUT2D eigenvalue weighted by Crippen LogP contribution is -2.27. The van der Waals surface area contributed by atoms with E-state index in [1.165, 1.54) is 18.4 Å². The predicted octanol–water partition coefficient (Wildman–Crippen LogP) is 1.60. The second-order valence-electron chi connectivity index (χ2n) is 4.54. The molecule has 5 heteroatoms. The monoisotopic (exact) mass is 246 g/mol. The van der Waals surface area contributed by atoms with E-state index in [0.29, 0.717) is 17.9 Å². The second-order valence-corrected chi connectivity index (χ2v) is 4.54. The molecule has 1 aliphatic carbocycles. The molecule has 0 unspecified atom stereocenters. The summed E-state index contributed by atoms with van der Waals surface area (Å²) >= 11 is 0. The summed E-state index contributed by atoms with van der Waals surface area (Å²) in [5, 5.41) is 2.87. The molecule has 3 N–H and O–H groups in total. The van der Waals surface area contributed by atoms with Crippen LogP contribution < -0.4 is 11.1 Å². The van der Waals surface area contributed by atoms with Gasteiger partial charge in [-0.1, -0.05) is 11.6 Å². The van der Waals surface area contributed by atoms with Crippen LogP contribution in [0.15, 0.2) is 17.7 Å². The first-order chi connectivity index (χ1) is 8.65. The molecular weight excluding hydrogens is 228 g/mol. The number of nitrogens with two attached hydrogens (primary N) is 1. The highest BCUT2D eigenvalue weighted by Crippen LogP contribution is 2.16. The van der Waals surface area contributed by atoms with E-state index in [0.717, 1.165) is 12.8 Å². The number of carbonyl (C=O) groups excluding carboxylic acids is 1. The summed E-state index contributed by atoms with van der Waals surface area (Å²) < 4.78 is 0. The molecule has 1 aromatic heterocycles. The molecule has 96 valence electrons. The van der Waals surface area contributed by atoms with Gasteiger partial charge < -0.3 is 11.1 Å². The van der Waals surface area contributed by atoms with Crippen LogP contribution in [0.1, 0.15) is 41.9 Å². The molecule has 0 spiro atoms. The molecular formula is C13H18N4O. The van der Waals surface area contributed by atoms with Crippen molar-refractivity contribution in [3.8, 4) is 0 Å². The lowest BCUT2D eigenvalue weighted by Gasteiger charge is -2.13. The SMILES string of the molecule is Cc1cc(C(=O)NCC2=CCCCC2)nc(N)n1. The quantitative estimate of drug-likeness (QED) is 0.794. The lowest BCUT2D eigenvalue weighted by atomic mass is 10.00. The first kappa shape index (κ1) is 12.5.